The van der Waals surface area contributed by atoms with Gasteiger partial charge in [-0.05, 0) is 12.8 Å². The molecule has 0 amide bonds. The number of carbonyl (C=O) groups is 2. The molecule has 0 aromatic rings. The van der Waals surface area contributed by atoms with E-state index in [1.54, 1.807) is 0 Å². The standard InChI is InChI=1S/C20H22O4/c1-3-5-7-13-17-23-19(21)15-11-9-10-12-16-20(22)24-18-14-8-6-4-2/h1-2H,5-12,15-16H2. The minimum atomic E-state index is -0.343. The summed E-state index contributed by atoms with van der Waals surface area (Å²) in [4.78, 5) is 22.7. The van der Waals surface area contributed by atoms with Crippen LogP contribution in [0.25, 0.3) is 0 Å². The van der Waals surface area contributed by atoms with Gasteiger partial charge < -0.3 is 9.47 Å². The Morgan fingerprint density at radius 2 is 1.08 bits per heavy atom. The molecule has 24 heavy (non-hydrogen) atoms. The molecule has 0 aromatic carbocycles. The van der Waals surface area contributed by atoms with Crippen LogP contribution in [-0.4, -0.2) is 11.9 Å². The van der Waals surface area contributed by atoms with E-state index in [-0.39, 0.29) is 11.9 Å². The molecule has 0 aliphatic heterocycles. The van der Waals surface area contributed by atoms with Crippen molar-refractivity contribution in [3.63, 3.8) is 0 Å². The molecule has 0 saturated carbocycles. The number of terminal acetylenes is 2. The third-order valence-corrected chi connectivity index (χ3v) is 2.77. The number of unbranched alkanes of at least 4 members (excludes halogenated alkanes) is 5. The molecule has 126 valence electrons. The van der Waals surface area contributed by atoms with Crippen LogP contribution in [0.5, 0.6) is 0 Å². The van der Waals surface area contributed by atoms with Crippen molar-refractivity contribution < 1.29 is 19.1 Å². The first-order chi connectivity index (χ1) is 11.7. The lowest BCUT2D eigenvalue weighted by atomic mass is 10.1. The van der Waals surface area contributed by atoms with Gasteiger partial charge >= 0.3 is 11.9 Å². The zero-order valence-corrected chi connectivity index (χ0v) is 13.9. The fraction of sp³-hybridized carbons (Fsp3) is 0.500. The van der Waals surface area contributed by atoms with Crippen LogP contribution >= 0.6 is 0 Å². The van der Waals surface area contributed by atoms with E-state index in [0.717, 1.165) is 12.8 Å². The Morgan fingerprint density at radius 3 is 1.46 bits per heavy atom. The molecular formula is C20H22O4. The largest absolute Gasteiger partial charge is 0.372 e. The van der Waals surface area contributed by atoms with Gasteiger partial charge in [-0.3, -0.25) is 9.59 Å². The number of rotatable bonds is 9. The number of hydrogen-bond acceptors (Lipinski definition) is 4. The van der Waals surface area contributed by atoms with Crippen LogP contribution in [0.4, 0.5) is 0 Å². The fourth-order valence-electron chi connectivity index (χ4n) is 1.55. The number of esters is 2. The van der Waals surface area contributed by atoms with E-state index in [4.69, 9.17) is 22.3 Å². The molecule has 0 N–H and O–H groups in total. The van der Waals surface area contributed by atoms with Gasteiger partial charge in [0, 0.05) is 38.5 Å². The maximum Gasteiger partial charge on any atom is 0.319 e. The highest BCUT2D eigenvalue weighted by Gasteiger charge is 2.03. The number of hydrogen-bond donors (Lipinski definition) is 0. The quantitative estimate of drug-likeness (QED) is 0.371. The average molecular weight is 326 g/mol. The predicted molar refractivity (Wildman–Crippen MR) is 91.6 cm³/mol. The van der Waals surface area contributed by atoms with Crippen LogP contribution in [0.15, 0.2) is 0 Å². The van der Waals surface area contributed by atoms with Crippen molar-refractivity contribution in [3.8, 4) is 48.7 Å². The van der Waals surface area contributed by atoms with Crippen LogP contribution in [-0.2, 0) is 19.1 Å². The van der Waals surface area contributed by atoms with Gasteiger partial charge in [-0.2, -0.15) is 0 Å². The molecular weight excluding hydrogens is 304 g/mol. The summed E-state index contributed by atoms with van der Waals surface area (Å²) in [7, 11) is 0. The molecule has 0 atom stereocenters. The van der Waals surface area contributed by atoms with Crippen LogP contribution in [0.2, 0.25) is 0 Å². The molecule has 0 saturated heterocycles. The zero-order valence-electron chi connectivity index (χ0n) is 13.9. The Morgan fingerprint density at radius 1 is 0.667 bits per heavy atom. The van der Waals surface area contributed by atoms with Gasteiger partial charge in [0.05, 0.1) is 0 Å². The minimum absolute atomic E-state index is 0.314. The van der Waals surface area contributed by atoms with E-state index in [1.807, 2.05) is 0 Å². The molecule has 0 rings (SSSR count). The third kappa shape index (κ3) is 15.6. The van der Waals surface area contributed by atoms with Gasteiger partial charge in [0.25, 0.3) is 0 Å². The molecule has 0 spiro atoms. The Hall–Kier alpha value is -2.82. The van der Waals surface area contributed by atoms with Gasteiger partial charge in [-0.1, -0.05) is 24.7 Å². The normalized spacial score (nSPS) is 8.42. The summed E-state index contributed by atoms with van der Waals surface area (Å²) in [5.41, 5.74) is 0. The lowest BCUT2D eigenvalue weighted by Crippen LogP contribution is -2.01. The van der Waals surface area contributed by atoms with Gasteiger partial charge in [0.1, 0.15) is 12.2 Å². The van der Waals surface area contributed by atoms with Crippen LogP contribution in [0, 0.1) is 48.7 Å². The highest BCUT2D eigenvalue weighted by atomic mass is 16.5. The van der Waals surface area contributed by atoms with Crippen molar-refractivity contribution in [1.82, 2.24) is 0 Å². The second kappa shape index (κ2) is 16.5. The van der Waals surface area contributed by atoms with Crippen molar-refractivity contribution >= 4 is 11.9 Å². The monoisotopic (exact) mass is 326 g/mol. The zero-order chi connectivity index (χ0) is 17.9. The van der Waals surface area contributed by atoms with Gasteiger partial charge in [0.15, 0.2) is 0 Å². The first kappa shape index (κ1) is 21.2. The molecule has 0 bridgehead atoms. The Labute approximate surface area is 144 Å². The molecule has 0 radical (unpaired) electrons. The number of carbonyl (C=O) groups excluding carboxylic acids is 2. The minimum Gasteiger partial charge on any atom is -0.372 e. The average Bonchev–Trinajstić information content (AvgIpc) is 2.57. The summed E-state index contributed by atoms with van der Waals surface area (Å²) in [6, 6.07) is 0. The van der Waals surface area contributed by atoms with Crippen molar-refractivity contribution in [3.05, 3.63) is 0 Å². The van der Waals surface area contributed by atoms with Gasteiger partial charge in [-0.25, -0.2) is 0 Å². The van der Waals surface area contributed by atoms with Crippen LogP contribution < -0.4 is 0 Å². The lowest BCUT2D eigenvalue weighted by Gasteiger charge is -1.99. The van der Waals surface area contributed by atoms with Crippen molar-refractivity contribution in [1.29, 1.82) is 0 Å². The smallest absolute Gasteiger partial charge is 0.319 e. The van der Waals surface area contributed by atoms with E-state index < -0.39 is 0 Å². The Balaban J connectivity index is 3.52. The molecule has 4 nitrogen and oxygen atoms in total. The van der Waals surface area contributed by atoms with Gasteiger partial charge in [-0.15, -0.1) is 24.7 Å². The molecule has 0 aliphatic rings. The molecule has 0 heterocycles. The predicted octanol–water partition coefficient (Wildman–Crippen LogP) is 3.16. The van der Waals surface area contributed by atoms with Crippen LogP contribution in [0.3, 0.4) is 0 Å². The van der Waals surface area contributed by atoms with Crippen molar-refractivity contribution in [2.45, 2.75) is 64.2 Å². The molecule has 0 unspecified atom stereocenters. The number of ether oxygens (including phenoxy) is 2. The van der Waals surface area contributed by atoms with Crippen LogP contribution in [0.1, 0.15) is 64.2 Å². The summed E-state index contributed by atoms with van der Waals surface area (Å²) in [5.74, 6) is 9.53. The second-order valence-electron chi connectivity index (χ2n) is 4.83. The van der Waals surface area contributed by atoms with Crippen molar-refractivity contribution in [2.75, 3.05) is 0 Å². The van der Waals surface area contributed by atoms with E-state index >= 15 is 0 Å². The maximum absolute atomic E-state index is 11.3. The summed E-state index contributed by atoms with van der Waals surface area (Å²) in [5, 5.41) is 0. The summed E-state index contributed by atoms with van der Waals surface area (Å²) < 4.78 is 9.47. The first-order valence-electron chi connectivity index (χ1n) is 7.92. The van der Waals surface area contributed by atoms with E-state index in [2.05, 4.69) is 35.9 Å². The summed E-state index contributed by atoms with van der Waals surface area (Å²) in [6.07, 6.45) is 20.6. The first-order valence-corrected chi connectivity index (χ1v) is 7.92. The van der Waals surface area contributed by atoms with Gasteiger partial charge in [0.2, 0.25) is 0 Å². The topological polar surface area (TPSA) is 52.6 Å². The third-order valence-electron chi connectivity index (χ3n) is 2.77. The highest BCUT2D eigenvalue weighted by molar-refractivity contribution is 5.70. The lowest BCUT2D eigenvalue weighted by molar-refractivity contribution is -0.138. The van der Waals surface area contributed by atoms with E-state index in [0.29, 0.717) is 51.4 Å². The second-order valence-corrected chi connectivity index (χ2v) is 4.83. The summed E-state index contributed by atoms with van der Waals surface area (Å²) >= 11 is 0. The Bertz CT molecular complexity index is 528. The molecule has 4 heteroatoms. The molecule has 0 aliphatic carbocycles. The maximum atomic E-state index is 11.3. The van der Waals surface area contributed by atoms with E-state index in [9.17, 15) is 9.59 Å². The summed E-state index contributed by atoms with van der Waals surface area (Å²) in [6.45, 7) is 0. The van der Waals surface area contributed by atoms with E-state index in [1.165, 1.54) is 0 Å². The molecule has 0 fully saturated rings. The SMILES string of the molecule is C#CCCC#COC(=O)CCCCCCC(=O)OC#CCCC#C. The Kier molecular flexibility index (Phi) is 14.6. The molecule has 0 aromatic heterocycles. The highest BCUT2D eigenvalue weighted by Crippen LogP contribution is 2.06. The van der Waals surface area contributed by atoms with Crippen molar-refractivity contribution in [2.24, 2.45) is 0 Å². The fourth-order valence-corrected chi connectivity index (χ4v) is 1.55.